The van der Waals surface area contributed by atoms with Crippen molar-refractivity contribution < 1.29 is 47.9 Å². The summed E-state index contributed by atoms with van der Waals surface area (Å²) in [6.07, 6.45) is -6.06. The Morgan fingerprint density at radius 1 is 1.08 bits per heavy atom. The molecule has 0 amide bonds. The van der Waals surface area contributed by atoms with Crippen molar-refractivity contribution in [2.75, 3.05) is 6.61 Å². The van der Waals surface area contributed by atoms with Gasteiger partial charge in [-0.2, -0.15) is 0 Å². The fourth-order valence-corrected chi connectivity index (χ4v) is 0.779. The van der Waals surface area contributed by atoms with Crippen LogP contribution in [-0.4, -0.2) is 61.9 Å². The van der Waals surface area contributed by atoms with Gasteiger partial charge >= 0.3 is 0 Å². The summed E-state index contributed by atoms with van der Waals surface area (Å²) in [6, 6.07) is 0. The van der Waals surface area contributed by atoms with Gasteiger partial charge in [-0.05, 0) is 0 Å². The summed E-state index contributed by atoms with van der Waals surface area (Å²) in [4.78, 5) is 0. The van der Waals surface area contributed by atoms with Crippen molar-refractivity contribution in [1.82, 2.24) is 0 Å². The van der Waals surface area contributed by atoms with E-state index in [4.69, 9.17) is 25.5 Å². The van der Waals surface area contributed by atoms with Crippen LogP contribution in [-0.2, 0) is 22.4 Å². The summed E-state index contributed by atoms with van der Waals surface area (Å²) in [5, 5.41) is 44.9. The van der Waals surface area contributed by atoms with E-state index in [1.165, 1.54) is 0 Å². The molecule has 0 aromatic rings. The number of hydrogen-bond donors (Lipinski definition) is 5. The van der Waals surface area contributed by atoms with Crippen molar-refractivity contribution in [3.8, 4) is 0 Å². The van der Waals surface area contributed by atoms with Gasteiger partial charge in [0.1, 0.15) is 24.4 Å². The summed E-state index contributed by atoms with van der Waals surface area (Å²) in [5.41, 5.74) is 0. The van der Waals surface area contributed by atoms with Crippen molar-refractivity contribution in [3.63, 3.8) is 0 Å². The third-order valence-electron chi connectivity index (χ3n) is 1.42. The Hall–Kier alpha value is 0.630. The maximum atomic E-state index is 9.02. The summed E-state index contributed by atoms with van der Waals surface area (Å²) in [6.45, 7) is -0.692. The van der Waals surface area contributed by atoms with Gasteiger partial charge in [0.25, 0.3) is 0 Å². The van der Waals surface area contributed by atoms with Crippen molar-refractivity contribution in [3.05, 3.63) is 0 Å². The molecule has 0 aliphatic rings. The fourth-order valence-electron chi connectivity index (χ4n) is 0.618. The predicted molar refractivity (Wildman–Crippen MR) is 44.8 cm³/mol. The summed E-state index contributed by atoms with van der Waals surface area (Å²) >= 11 is 4.30. The van der Waals surface area contributed by atoms with Gasteiger partial charge in [0.05, 0.1) is 6.61 Å². The smallest absolute Gasteiger partial charge is 0.113 e. The molecular weight excluding hydrogens is 381 g/mol. The Balaban J connectivity index is 0. The van der Waals surface area contributed by atoms with Crippen molar-refractivity contribution >= 4 is 17.6 Å². The van der Waals surface area contributed by atoms with Crippen LogP contribution < -0.4 is 0 Å². The standard InChI is InChI=1S/C6H12O5S.Au/c7-1-3(8)5(10)6(11)4(9)2-12;/h2-11H,1H2;. The van der Waals surface area contributed by atoms with Gasteiger partial charge in [-0.3, -0.25) is 0 Å². The second-order valence-corrected chi connectivity index (χ2v) is 2.63. The predicted octanol–water partition coefficient (Wildman–Crippen LogP) is -2.58. The SMILES string of the molecule is OCC(O)C(O)C(O)C(O)C=S.[Au]. The second kappa shape index (κ2) is 7.98. The van der Waals surface area contributed by atoms with E-state index >= 15 is 0 Å². The largest absolute Gasteiger partial charge is 0.394 e. The maximum absolute atomic E-state index is 9.02. The van der Waals surface area contributed by atoms with Crippen LogP contribution in [0.5, 0.6) is 0 Å². The van der Waals surface area contributed by atoms with Gasteiger partial charge in [-0.15, -0.1) is 0 Å². The molecule has 0 saturated heterocycles. The zero-order chi connectivity index (χ0) is 9.72. The Labute approximate surface area is 96.5 Å². The first kappa shape index (κ1) is 16.1. The van der Waals surface area contributed by atoms with E-state index in [1.807, 2.05) is 0 Å². The summed E-state index contributed by atoms with van der Waals surface area (Å²) < 4.78 is 0. The molecule has 5 N–H and O–H groups in total. The topological polar surface area (TPSA) is 101 Å². The number of rotatable bonds is 5. The number of aliphatic hydroxyl groups is 5. The second-order valence-electron chi connectivity index (χ2n) is 2.36. The average molecular weight is 393 g/mol. The van der Waals surface area contributed by atoms with Crippen LogP contribution in [0.15, 0.2) is 0 Å². The van der Waals surface area contributed by atoms with Gasteiger partial charge in [0.2, 0.25) is 0 Å². The molecular formula is C6H12AuO5S. The first-order valence-corrected chi connectivity index (χ1v) is 3.80. The van der Waals surface area contributed by atoms with Gasteiger partial charge in [-0.25, -0.2) is 0 Å². The minimum atomic E-state index is -1.61. The first-order valence-electron chi connectivity index (χ1n) is 3.33. The minimum Gasteiger partial charge on any atom is -0.394 e. The van der Waals surface area contributed by atoms with Crippen LogP contribution in [0.2, 0.25) is 0 Å². The molecule has 13 heavy (non-hydrogen) atoms. The molecule has 5 nitrogen and oxygen atoms in total. The van der Waals surface area contributed by atoms with Gasteiger partial charge in [0.15, 0.2) is 0 Å². The van der Waals surface area contributed by atoms with Crippen LogP contribution in [0.25, 0.3) is 0 Å². The van der Waals surface area contributed by atoms with E-state index < -0.39 is 31.0 Å². The zero-order valence-electron chi connectivity index (χ0n) is 6.54. The molecule has 83 valence electrons. The van der Waals surface area contributed by atoms with Crippen molar-refractivity contribution in [2.24, 2.45) is 0 Å². The van der Waals surface area contributed by atoms with Crippen LogP contribution in [0.1, 0.15) is 0 Å². The quantitative estimate of drug-likeness (QED) is 0.260. The van der Waals surface area contributed by atoms with Gasteiger partial charge in [0, 0.05) is 27.7 Å². The normalized spacial score (nSPS) is 19.5. The molecule has 7 heteroatoms. The van der Waals surface area contributed by atoms with Crippen LogP contribution >= 0.6 is 12.2 Å². The molecule has 4 unspecified atom stereocenters. The van der Waals surface area contributed by atoms with Gasteiger partial charge in [-0.1, -0.05) is 12.2 Å². The molecule has 0 aromatic heterocycles. The molecule has 0 heterocycles. The van der Waals surface area contributed by atoms with Crippen LogP contribution in [0.3, 0.4) is 0 Å². The molecule has 0 aromatic carbocycles. The summed E-state index contributed by atoms with van der Waals surface area (Å²) in [7, 11) is 0. The molecule has 0 aliphatic carbocycles. The molecule has 4 atom stereocenters. The minimum absolute atomic E-state index is 0. The van der Waals surface area contributed by atoms with E-state index in [-0.39, 0.29) is 22.4 Å². The third-order valence-corrected chi connectivity index (χ3v) is 1.70. The molecule has 0 rings (SSSR count). The van der Waals surface area contributed by atoms with E-state index in [9.17, 15) is 0 Å². The van der Waals surface area contributed by atoms with E-state index in [2.05, 4.69) is 12.2 Å². The summed E-state index contributed by atoms with van der Waals surface area (Å²) in [5.74, 6) is 0. The van der Waals surface area contributed by atoms with E-state index in [1.54, 1.807) is 0 Å². The molecule has 0 spiro atoms. The molecule has 0 bridgehead atoms. The number of aliphatic hydroxyl groups excluding tert-OH is 5. The average Bonchev–Trinajstić information content (AvgIpc) is 2.12. The Morgan fingerprint density at radius 3 is 1.85 bits per heavy atom. The van der Waals surface area contributed by atoms with Crippen molar-refractivity contribution in [1.29, 1.82) is 0 Å². The number of thiocarbonyl (C=S) groups is 1. The maximum Gasteiger partial charge on any atom is 0.113 e. The van der Waals surface area contributed by atoms with E-state index in [0.29, 0.717) is 0 Å². The van der Waals surface area contributed by atoms with Gasteiger partial charge < -0.3 is 25.5 Å². The van der Waals surface area contributed by atoms with Crippen LogP contribution in [0, 0.1) is 0 Å². The Bertz CT molecular complexity index is 147. The third kappa shape index (κ3) is 5.16. The zero-order valence-corrected chi connectivity index (χ0v) is 9.52. The Kier molecular flexibility index (Phi) is 9.87. The Morgan fingerprint density at radius 2 is 1.54 bits per heavy atom. The fraction of sp³-hybridized carbons (Fsp3) is 0.833. The van der Waals surface area contributed by atoms with Crippen molar-refractivity contribution in [2.45, 2.75) is 24.4 Å². The number of hydrogen-bond acceptors (Lipinski definition) is 6. The molecule has 0 fully saturated rings. The molecule has 1 radical (unpaired) electrons. The van der Waals surface area contributed by atoms with E-state index in [0.717, 1.165) is 5.37 Å². The monoisotopic (exact) mass is 393 g/mol. The first-order chi connectivity index (χ1) is 5.54. The molecule has 0 aliphatic heterocycles. The molecule has 0 saturated carbocycles. The van der Waals surface area contributed by atoms with Crippen LogP contribution in [0.4, 0.5) is 0 Å².